The maximum atomic E-state index is 10.8. The summed E-state index contributed by atoms with van der Waals surface area (Å²) in [6.07, 6.45) is 0. The monoisotopic (exact) mass is 314 g/mol. The van der Waals surface area contributed by atoms with Gasteiger partial charge in [-0.25, -0.2) is 4.79 Å². The molecule has 1 N–H and O–H groups in total. The van der Waals surface area contributed by atoms with E-state index in [2.05, 4.69) is 21.0 Å². The fraction of sp³-hybridized carbons (Fsp3) is 0.273. The van der Waals surface area contributed by atoms with Crippen LogP contribution in [-0.2, 0) is 6.54 Å². The second kappa shape index (κ2) is 4.62. The summed E-state index contributed by atoms with van der Waals surface area (Å²) in [6.45, 7) is 4.51. The summed E-state index contributed by atoms with van der Waals surface area (Å²) in [4.78, 5) is 11.1. The topological polar surface area (TPSA) is 55.1 Å². The highest BCUT2D eigenvalue weighted by Gasteiger charge is 2.11. The van der Waals surface area contributed by atoms with Crippen molar-refractivity contribution in [3.8, 4) is 0 Å². The van der Waals surface area contributed by atoms with Crippen molar-refractivity contribution < 1.29 is 9.90 Å². The van der Waals surface area contributed by atoms with Crippen molar-refractivity contribution in [2.75, 3.05) is 0 Å². The van der Waals surface area contributed by atoms with E-state index in [4.69, 9.17) is 5.11 Å². The van der Waals surface area contributed by atoms with Crippen molar-refractivity contribution in [1.29, 1.82) is 0 Å². The lowest BCUT2D eigenvalue weighted by molar-refractivity contribution is 0.0702. The van der Waals surface area contributed by atoms with Crippen LogP contribution >= 0.6 is 27.3 Å². The molecule has 2 rings (SSSR count). The van der Waals surface area contributed by atoms with Gasteiger partial charge in [0.25, 0.3) is 0 Å². The van der Waals surface area contributed by atoms with Gasteiger partial charge in [0.2, 0.25) is 0 Å². The van der Waals surface area contributed by atoms with E-state index in [0.29, 0.717) is 11.4 Å². The Bertz CT molecular complexity index is 574. The van der Waals surface area contributed by atoms with Gasteiger partial charge in [-0.05, 0) is 46.8 Å². The summed E-state index contributed by atoms with van der Waals surface area (Å²) < 4.78 is 2.87. The molecule has 0 saturated heterocycles. The lowest BCUT2D eigenvalue weighted by Crippen LogP contribution is -2.03. The summed E-state index contributed by atoms with van der Waals surface area (Å²) in [5.74, 6) is -0.879. The molecule has 0 unspecified atom stereocenters. The van der Waals surface area contributed by atoms with Crippen molar-refractivity contribution in [1.82, 2.24) is 9.78 Å². The Morgan fingerprint density at radius 3 is 2.76 bits per heavy atom. The number of hydrogen-bond donors (Lipinski definition) is 1. The van der Waals surface area contributed by atoms with E-state index in [1.165, 1.54) is 11.3 Å². The number of thiophene rings is 1. The zero-order valence-electron chi connectivity index (χ0n) is 9.40. The summed E-state index contributed by atoms with van der Waals surface area (Å²) >= 11 is 4.71. The van der Waals surface area contributed by atoms with Crippen LogP contribution < -0.4 is 0 Å². The highest BCUT2D eigenvalue weighted by Crippen LogP contribution is 2.22. The normalized spacial score (nSPS) is 10.8. The van der Waals surface area contributed by atoms with E-state index in [9.17, 15) is 4.79 Å². The Kier molecular flexibility index (Phi) is 3.35. The number of nitrogens with zero attached hydrogens (tertiary/aromatic N) is 2. The van der Waals surface area contributed by atoms with Crippen LogP contribution in [0.1, 0.15) is 26.6 Å². The van der Waals surface area contributed by atoms with Gasteiger partial charge < -0.3 is 5.11 Å². The number of aromatic nitrogens is 2. The van der Waals surface area contributed by atoms with Gasteiger partial charge in [0, 0.05) is 0 Å². The van der Waals surface area contributed by atoms with Crippen molar-refractivity contribution >= 4 is 33.2 Å². The number of aromatic carboxylic acids is 1. The van der Waals surface area contributed by atoms with Gasteiger partial charge in [0.05, 0.1) is 22.4 Å². The van der Waals surface area contributed by atoms with Crippen molar-refractivity contribution in [2.45, 2.75) is 20.4 Å². The van der Waals surface area contributed by atoms with Crippen LogP contribution in [0.2, 0.25) is 0 Å². The zero-order chi connectivity index (χ0) is 12.6. The highest BCUT2D eigenvalue weighted by molar-refractivity contribution is 9.10. The Hall–Kier alpha value is -1.14. The number of rotatable bonds is 3. The third-order valence-corrected chi connectivity index (χ3v) is 4.60. The van der Waals surface area contributed by atoms with Gasteiger partial charge in [0.1, 0.15) is 4.88 Å². The van der Waals surface area contributed by atoms with Gasteiger partial charge >= 0.3 is 5.97 Å². The van der Waals surface area contributed by atoms with Crippen LogP contribution in [-0.4, -0.2) is 20.9 Å². The highest BCUT2D eigenvalue weighted by atomic mass is 79.9. The van der Waals surface area contributed by atoms with Gasteiger partial charge in [-0.3, -0.25) is 4.68 Å². The van der Waals surface area contributed by atoms with Gasteiger partial charge in [0.15, 0.2) is 0 Å². The van der Waals surface area contributed by atoms with Gasteiger partial charge in [-0.1, -0.05) is 0 Å². The second-order valence-corrected chi connectivity index (χ2v) is 5.47. The Morgan fingerprint density at radius 2 is 2.29 bits per heavy atom. The maximum absolute atomic E-state index is 10.8. The first kappa shape index (κ1) is 12.3. The molecule has 0 atom stereocenters. The van der Waals surface area contributed by atoms with E-state index in [0.717, 1.165) is 21.4 Å². The molecule has 90 valence electrons. The first-order valence-corrected chi connectivity index (χ1v) is 6.66. The molecule has 0 aliphatic carbocycles. The summed E-state index contributed by atoms with van der Waals surface area (Å²) in [7, 11) is 0. The first-order chi connectivity index (χ1) is 7.99. The molecular formula is C11H11BrN2O2S. The lowest BCUT2D eigenvalue weighted by Gasteiger charge is -2.01. The van der Waals surface area contributed by atoms with Crippen LogP contribution in [0.4, 0.5) is 0 Å². The summed E-state index contributed by atoms with van der Waals surface area (Å²) in [5.41, 5.74) is 2.95. The van der Waals surface area contributed by atoms with E-state index < -0.39 is 5.97 Å². The molecular weight excluding hydrogens is 304 g/mol. The molecule has 0 radical (unpaired) electrons. The number of aryl methyl sites for hydroxylation is 1. The number of carboxylic acids is 1. The van der Waals surface area contributed by atoms with E-state index in [1.807, 2.05) is 23.9 Å². The molecule has 6 heteroatoms. The predicted molar refractivity (Wildman–Crippen MR) is 69.8 cm³/mol. The third-order valence-electron chi connectivity index (χ3n) is 2.49. The molecule has 2 aromatic heterocycles. The second-order valence-electron chi connectivity index (χ2n) is 3.77. The van der Waals surface area contributed by atoms with Crippen molar-refractivity contribution in [3.63, 3.8) is 0 Å². The molecule has 2 heterocycles. The number of halogens is 1. The fourth-order valence-electron chi connectivity index (χ4n) is 1.57. The average Bonchev–Trinajstić information content (AvgIpc) is 2.82. The molecule has 0 fully saturated rings. The minimum absolute atomic E-state index is 0.362. The molecule has 0 aromatic carbocycles. The van der Waals surface area contributed by atoms with Crippen LogP contribution in [0.3, 0.4) is 0 Å². The molecule has 4 nitrogen and oxygen atoms in total. The molecule has 0 spiro atoms. The van der Waals surface area contributed by atoms with Crippen LogP contribution in [0.5, 0.6) is 0 Å². The summed E-state index contributed by atoms with van der Waals surface area (Å²) in [6, 6.07) is 1.69. The Balaban J connectivity index is 2.25. The van der Waals surface area contributed by atoms with E-state index in [-0.39, 0.29) is 0 Å². The molecule has 0 aliphatic heterocycles. The first-order valence-electron chi connectivity index (χ1n) is 4.99. The van der Waals surface area contributed by atoms with Crippen molar-refractivity contribution in [3.05, 3.63) is 37.7 Å². The quantitative estimate of drug-likeness (QED) is 0.947. The third kappa shape index (κ3) is 2.42. The number of carbonyl (C=O) groups is 1. The van der Waals surface area contributed by atoms with Crippen molar-refractivity contribution in [2.24, 2.45) is 0 Å². The lowest BCUT2D eigenvalue weighted by atomic mass is 10.3. The SMILES string of the molecule is Cc1nn(Cc2csc(C(=O)O)c2)c(C)c1Br. The largest absolute Gasteiger partial charge is 0.477 e. The minimum Gasteiger partial charge on any atom is -0.477 e. The minimum atomic E-state index is -0.879. The maximum Gasteiger partial charge on any atom is 0.345 e. The van der Waals surface area contributed by atoms with Crippen LogP contribution in [0, 0.1) is 13.8 Å². The van der Waals surface area contributed by atoms with E-state index in [1.54, 1.807) is 6.07 Å². The molecule has 0 saturated carbocycles. The Labute approximate surface area is 111 Å². The molecule has 0 amide bonds. The standard InChI is InChI=1S/C11H11BrN2O2S/c1-6-10(12)7(2)14(13-6)4-8-3-9(11(15)16)17-5-8/h3,5H,4H2,1-2H3,(H,15,16). The van der Waals surface area contributed by atoms with Gasteiger partial charge in [-0.2, -0.15) is 5.10 Å². The molecule has 17 heavy (non-hydrogen) atoms. The predicted octanol–water partition coefficient (Wildman–Crippen LogP) is 3.07. The number of hydrogen-bond acceptors (Lipinski definition) is 3. The smallest absolute Gasteiger partial charge is 0.345 e. The fourth-order valence-corrected chi connectivity index (χ4v) is 2.60. The van der Waals surface area contributed by atoms with Crippen LogP contribution in [0.15, 0.2) is 15.9 Å². The molecule has 0 aliphatic rings. The number of carboxylic acid groups (broad SMARTS) is 1. The molecule has 2 aromatic rings. The summed E-state index contributed by atoms with van der Waals surface area (Å²) in [5, 5.41) is 15.1. The molecule has 0 bridgehead atoms. The average molecular weight is 315 g/mol. The van der Waals surface area contributed by atoms with E-state index >= 15 is 0 Å². The van der Waals surface area contributed by atoms with Gasteiger partial charge in [-0.15, -0.1) is 11.3 Å². The van der Waals surface area contributed by atoms with Crippen LogP contribution in [0.25, 0.3) is 0 Å². The zero-order valence-corrected chi connectivity index (χ0v) is 11.8. The Morgan fingerprint density at radius 1 is 1.59 bits per heavy atom.